The average molecular weight is 251 g/mol. The van der Waals surface area contributed by atoms with Crippen molar-refractivity contribution in [3.63, 3.8) is 0 Å². The molecule has 0 bridgehead atoms. The molecule has 0 radical (unpaired) electrons. The van der Waals surface area contributed by atoms with Gasteiger partial charge < -0.3 is 5.73 Å². The molecule has 0 aliphatic heterocycles. The van der Waals surface area contributed by atoms with E-state index in [1.165, 1.54) is 5.56 Å². The third-order valence-electron chi connectivity index (χ3n) is 2.28. The lowest BCUT2D eigenvalue weighted by atomic mass is 10.2. The SMILES string of the molecule is Nc1ccc(CCS(=O)c2cccs2)cc1. The van der Waals surface area contributed by atoms with Gasteiger partial charge in [0.1, 0.15) is 0 Å². The first-order chi connectivity index (χ1) is 7.75. The van der Waals surface area contributed by atoms with Crippen LogP contribution in [-0.2, 0) is 17.2 Å². The van der Waals surface area contributed by atoms with E-state index in [1.54, 1.807) is 11.3 Å². The highest BCUT2D eigenvalue weighted by molar-refractivity contribution is 7.87. The monoisotopic (exact) mass is 251 g/mol. The summed E-state index contributed by atoms with van der Waals surface area (Å²) < 4.78 is 12.8. The molecule has 84 valence electrons. The van der Waals surface area contributed by atoms with Gasteiger partial charge >= 0.3 is 0 Å². The van der Waals surface area contributed by atoms with E-state index in [1.807, 2.05) is 41.8 Å². The van der Waals surface area contributed by atoms with Crippen LogP contribution >= 0.6 is 11.3 Å². The van der Waals surface area contributed by atoms with Crippen molar-refractivity contribution in [2.24, 2.45) is 0 Å². The first-order valence-corrected chi connectivity index (χ1v) is 7.22. The van der Waals surface area contributed by atoms with Gasteiger partial charge in [-0.1, -0.05) is 18.2 Å². The molecule has 16 heavy (non-hydrogen) atoms. The molecule has 1 unspecified atom stereocenters. The molecule has 4 heteroatoms. The van der Waals surface area contributed by atoms with Crippen LogP contribution in [0.1, 0.15) is 5.56 Å². The van der Waals surface area contributed by atoms with Crippen molar-refractivity contribution < 1.29 is 4.21 Å². The summed E-state index contributed by atoms with van der Waals surface area (Å²) in [5.41, 5.74) is 7.55. The maximum absolute atomic E-state index is 11.8. The maximum Gasteiger partial charge on any atom is 0.0910 e. The van der Waals surface area contributed by atoms with Gasteiger partial charge in [0.25, 0.3) is 0 Å². The summed E-state index contributed by atoms with van der Waals surface area (Å²) in [4.78, 5) is 0. The molecule has 1 heterocycles. The molecule has 0 amide bonds. The van der Waals surface area contributed by atoms with Crippen LogP contribution in [-0.4, -0.2) is 9.96 Å². The lowest BCUT2D eigenvalue weighted by Gasteiger charge is -2.01. The summed E-state index contributed by atoms with van der Waals surface area (Å²) in [5.74, 6) is 0.671. The van der Waals surface area contributed by atoms with E-state index >= 15 is 0 Å². The number of hydrogen-bond acceptors (Lipinski definition) is 3. The topological polar surface area (TPSA) is 43.1 Å². The first kappa shape index (κ1) is 11.4. The Labute approximate surface area is 102 Å². The molecular weight excluding hydrogens is 238 g/mol. The molecule has 0 saturated carbocycles. The van der Waals surface area contributed by atoms with Gasteiger partial charge in [0.2, 0.25) is 0 Å². The zero-order valence-electron chi connectivity index (χ0n) is 8.76. The van der Waals surface area contributed by atoms with Crippen LogP contribution in [0, 0.1) is 0 Å². The number of aryl methyl sites for hydroxylation is 1. The highest BCUT2D eigenvalue weighted by Gasteiger charge is 2.04. The van der Waals surface area contributed by atoms with Gasteiger partial charge in [-0.05, 0) is 35.6 Å². The molecular formula is C12H13NOS2. The van der Waals surface area contributed by atoms with Gasteiger partial charge in [-0.15, -0.1) is 11.3 Å². The van der Waals surface area contributed by atoms with Gasteiger partial charge in [0.15, 0.2) is 0 Å². The summed E-state index contributed by atoms with van der Waals surface area (Å²) in [6.07, 6.45) is 0.824. The third kappa shape index (κ3) is 2.93. The molecule has 1 aromatic carbocycles. The zero-order valence-corrected chi connectivity index (χ0v) is 10.4. The fraction of sp³-hybridized carbons (Fsp3) is 0.167. The molecule has 0 saturated heterocycles. The van der Waals surface area contributed by atoms with Crippen LogP contribution in [0.25, 0.3) is 0 Å². The Morgan fingerprint density at radius 2 is 1.94 bits per heavy atom. The van der Waals surface area contributed by atoms with Crippen LogP contribution in [0.15, 0.2) is 46.0 Å². The molecule has 1 aromatic heterocycles. The average Bonchev–Trinajstić information content (AvgIpc) is 2.81. The number of anilines is 1. The Morgan fingerprint density at radius 1 is 1.19 bits per heavy atom. The first-order valence-electron chi connectivity index (χ1n) is 5.02. The Hall–Kier alpha value is -1.13. The van der Waals surface area contributed by atoms with Crippen LogP contribution in [0.2, 0.25) is 0 Å². The van der Waals surface area contributed by atoms with Crippen molar-refractivity contribution in [1.29, 1.82) is 0 Å². The van der Waals surface area contributed by atoms with Crippen LogP contribution in [0.4, 0.5) is 5.69 Å². The number of nitrogen functional groups attached to an aromatic ring is 1. The van der Waals surface area contributed by atoms with Gasteiger partial charge in [0, 0.05) is 11.4 Å². The van der Waals surface area contributed by atoms with E-state index in [2.05, 4.69) is 0 Å². The number of benzene rings is 1. The third-order valence-corrected chi connectivity index (χ3v) is 4.94. The molecule has 2 aromatic rings. The van der Waals surface area contributed by atoms with Gasteiger partial charge in [-0.25, -0.2) is 0 Å². The second-order valence-electron chi connectivity index (χ2n) is 3.47. The van der Waals surface area contributed by atoms with Crippen molar-refractivity contribution in [3.8, 4) is 0 Å². The molecule has 1 atom stereocenters. The molecule has 2 rings (SSSR count). The molecule has 0 spiro atoms. The molecule has 2 N–H and O–H groups in total. The fourth-order valence-electron chi connectivity index (χ4n) is 1.39. The number of hydrogen-bond donors (Lipinski definition) is 1. The van der Waals surface area contributed by atoms with Crippen LogP contribution in [0.5, 0.6) is 0 Å². The number of thiophene rings is 1. The normalized spacial score (nSPS) is 12.5. The minimum absolute atomic E-state index is 0.671. The van der Waals surface area contributed by atoms with E-state index in [0.29, 0.717) is 5.75 Å². The predicted molar refractivity (Wildman–Crippen MR) is 70.2 cm³/mol. The Kier molecular flexibility index (Phi) is 3.74. The molecule has 2 nitrogen and oxygen atoms in total. The van der Waals surface area contributed by atoms with Crippen molar-refractivity contribution in [2.45, 2.75) is 10.6 Å². The summed E-state index contributed by atoms with van der Waals surface area (Å²) in [6, 6.07) is 11.6. The second kappa shape index (κ2) is 5.27. The summed E-state index contributed by atoms with van der Waals surface area (Å²) in [6.45, 7) is 0. The zero-order chi connectivity index (χ0) is 11.4. The Morgan fingerprint density at radius 3 is 2.56 bits per heavy atom. The minimum atomic E-state index is -0.871. The van der Waals surface area contributed by atoms with E-state index in [0.717, 1.165) is 16.3 Å². The van der Waals surface area contributed by atoms with E-state index in [-0.39, 0.29) is 0 Å². The van der Waals surface area contributed by atoms with Crippen molar-refractivity contribution in [1.82, 2.24) is 0 Å². The Bertz CT molecular complexity index is 462. The molecule has 0 fully saturated rings. The van der Waals surface area contributed by atoms with E-state index in [9.17, 15) is 4.21 Å². The van der Waals surface area contributed by atoms with Gasteiger partial charge in [-0.3, -0.25) is 4.21 Å². The summed E-state index contributed by atoms with van der Waals surface area (Å²) in [5, 5.41) is 1.95. The quantitative estimate of drug-likeness (QED) is 0.849. The highest BCUT2D eigenvalue weighted by atomic mass is 32.2. The molecule has 0 aliphatic rings. The predicted octanol–water partition coefficient (Wildman–Crippen LogP) is 2.68. The summed E-state index contributed by atoms with van der Waals surface area (Å²) in [7, 11) is -0.871. The minimum Gasteiger partial charge on any atom is -0.399 e. The second-order valence-corrected chi connectivity index (χ2v) is 6.22. The lowest BCUT2D eigenvalue weighted by Crippen LogP contribution is -2.00. The highest BCUT2D eigenvalue weighted by Crippen LogP contribution is 2.15. The smallest absolute Gasteiger partial charge is 0.0910 e. The van der Waals surface area contributed by atoms with Crippen LogP contribution < -0.4 is 5.73 Å². The van der Waals surface area contributed by atoms with Crippen molar-refractivity contribution >= 4 is 27.8 Å². The van der Waals surface area contributed by atoms with Gasteiger partial charge in [-0.2, -0.15) is 0 Å². The van der Waals surface area contributed by atoms with Crippen molar-refractivity contribution in [2.75, 3.05) is 11.5 Å². The standard InChI is InChI=1S/C12H13NOS2/c13-11-5-3-10(4-6-11)7-9-16(14)12-2-1-8-15-12/h1-6,8H,7,9,13H2. The van der Waals surface area contributed by atoms with Crippen LogP contribution in [0.3, 0.4) is 0 Å². The van der Waals surface area contributed by atoms with Gasteiger partial charge in [0.05, 0.1) is 15.0 Å². The fourth-order valence-corrected chi connectivity index (χ4v) is 3.54. The maximum atomic E-state index is 11.8. The summed E-state index contributed by atoms with van der Waals surface area (Å²) >= 11 is 1.55. The Balaban J connectivity index is 1.93. The largest absolute Gasteiger partial charge is 0.399 e. The van der Waals surface area contributed by atoms with E-state index in [4.69, 9.17) is 5.73 Å². The molecule has 0 aliphatic carbocycles. The lowest BCUT2D eigenvalue weighted by molar-refractivity contribution is 0.683. The number of rotatable bonds is 4. The van der Waals surface area contributed by atoms with Crippen molar-refractivity contribution in [3.05, 3.63) is 47.3 Å². The number of nitrogens with two attached hydrogens (primary N) is 1. The van der Waals surface area contributed by atoms with E-state index < -0.39 is 10.8 Å².